The van der Waals surface area contributed by atoms with E-state index in [2.05, 4.69) is 20.6 Å². The number of hydrogen-bond acceptors (Lipinski definition) is 3. The van der Waals surface area contributed by atoms with Gasteiger partial charge in [0.1, 0.15) is 0 Å². The van der Waals surface area contributed by atoms with Crippen molar-refractivity contribution in [1.29, 1.82) is 0 Å². The molecule has 2 aromatic rings. The van der Waals surface area contributed by atoms with Crippen molar-refractivity contribution < 1.29 is 0 Å². The van der Waals surface area contributed by atoms with E-state index in [0.29, 0.717) is 17.5 Å². The molecule has 0 saturated carbocycles. The maximum Gasteiger partial charge on any atom is 0.172 e. The Labute approximate surface area is 132 Å². The molecule has 0 amide bonds. The highest BCUT2D eigenvalue weighted by molar-refractivity contribution is 7.80. The Morgan fingerprint density at radius 2 is 1.90 bits per heavy atom. The molecule has 0 saturated heterocycles. The minimum atomic E-state index is 0.280. The Kier molecular flexibility index (Phi) is 5.52. The fourth-order valence-corrected chi connectivity index (χ4v) is 2.15. The molecule has 0 unspecified atom stereocenters. The van der Waals surface area contributed by atoms with E-state index in [1.807, 2.05) is 24.3 Å². The molecule has 2 N–H and O–H groups in total. The summed E-state index contributed by atoms with van der Waals surface area (Å²) in [4.78, 5) is 7.95. The zero-order valence-electron chi connectivity index (χ0n) is 10.4. The van der Waals surface area contributed by atoms with Gasteiger partial charge in [0.2, 0.25) is 0 Å². The normalized spacial score (nSPS) is 10.1. The van der Waals surface area contributed by atoms with Crippen LogP contribution >= 0.6 is 35.4 Å². The molecule has 0 bridgehead atoms. The van der Waals surface area contributed by atoms with E-state index in [-0.39, 0.29) is 5.15 Å². The van der Waals surface area contributed by atoms with Gasteiger partial charge in [0.05, 0.1) is 0 Å². The van der Waals surface area contributed by atoms with Gasteiger partial charge < -0.3 is 10.6 Å². The first kappa shape index (κ1) is 15.0. The maximum atomic E-state index is 6.08. The lowest BCUT2D eigenvalue weighted by Crippen LogP contribution is -2.30. The molecule has 0 spiro atoms. The molecule has 1 aromatic carbocycles. The molecular weight excluding hydrogens is 315 g/mol. The third kappa shape index (κ3) is 4.30. The fourth-order valence-electron chi connectivity index (χ4n) is 1.57. The quantitative estimate of drug-likeness (QED) is 0.844. The van der Waals surface area contributed by atoms with Crippen LogP contribution in [0.15, 0.2) is 36.7 Å². The number of nitrogens with one attached hydrogen (secondary N) is 2. The summed E-state index contributed by atoms with van der Waals surface area (Å²) in [5, 5.41) is 7.44. The Bertz CT molecular complexity index is 606. The van der Waals surface area contributed by atoms with Crippen LogP contribution in [0.1, 0.15) is 5.56 Å². The Balaban J connectivity index is 1.82. The number of thiocarbonyl (C=S) groups is 1. The molecule has 0 atom stereocenters. The first-order chi connectivity index (χ1) is 9.66. The lowest BCUT2D eigenvalue weighted by Gasteiger charge is -2.10. The van der Waals surface area contributed by atoms with Gasteiger partial charge in [-0.3, -0.25) is 0 Å². The summed E-state index contributed by atoms with van der Waals surface area (Å²) in [5.74, 6) is 0.435. The molecule has 20 heavy (non-hydrogen) atoms. The largest absolute Gasteiger partial charge is 0.362 e. The van der Waals surface area contributed by atoms with Crippen LogP contribution in [0.2, 0.25) is 10.2 Å². The van der Waals surface area contributed by atoms with Crippen LogP contribution < -0.4 is 10.6 Å². The molecule has 7 heteroatoms. The molecule has 0 aliphatic heterocycles. The highest BCUT2D eigenvalue weighted by Crippen LogP contribution is 2.15. The average Bonchev–Trinajstić information content (AvgIpc) is 2.43. The third-order valence-corrected chi connectivity index (χ3v) is 3.41. The minimum absolute atomic E-state index is 0.280. The summed E-state index contributed by atoms with van der Waals surface area (Å²) in [6.45, 7) is 0.660. The molecule has 104 valence electrons. The predicted octanol–water partition coefficient (Wildman–Crippen LogP) is 3.31. The Hall–Kier alpha value is -1.43. The van der Waals surface area contributed by atoms with Crippen molar-refractivity contribution >= 4 is 46.4 Å². The lowest BCUT2D eigenvalue weighted by molar-refractivity contribution is 0.873. The van der Waals surface area contributed by atoms with Crippen LogP contribution in [0, 0.1) is 0 Å². The third-order valence-electron chi connectivity index (χ3n) is 2.52. The smallest absolute Gasteiger partial charge is 0.172 e. The second kappa shape index (κ2) is 7.38. The highest BCUT2D eigenvalue weighted by atomic mass is 35.5. The molecule has 0 aliphatic rings. The van der Waals surface area contributed by atoms with Crippen molar-refractivity contribution in [3.05, 3.63) is 52.4 Å². The van der Waals surface area contributed by atoms with Gasteiger partial charge in [-0.05, 0) is 30.3 Å². The Morgan fingerprint density at radius 1 is 1.15 bits per heavy atom. The van der Waals surface area contributed by atoms with Crippen LogP contribution in [-0.2, 0) is 6.42 Å². The van der Waals surface area contributed by atoms with Crippen molar-refractivity contribution in [3.63, 3.8) is 0 Å². The van der Waals surface area contributed by atoms with Crippen LogP contribution in [0.4, 0.5) is 5.82 Å². The van der Waals surface area contributed by atoms with Crippen LogP contribution in [0.5, 0.6) is 0 Å². The van der Waals surface area contributed by atoms with Crippen molar-refractivity contribution in [2.75, 3.05) is 11.9 Å². The number of nitrogens with zero attached hydrogens (tertiary/aromatic N) is 2. The molecule has 4 nitrogen and oxygen atoms in total. The van der Waals surface area contributed by atoms with E-state index >= 15 is 0 Å². The van der Waals surface area contributed by atoms with Gasteiger partial charge >= 0.3 is 0 Å². The molecular formula is C13H12Cl2N4S. The van der Waals surface area contributed by atoms with Gasteiger partial charge in [-0.1, -0.05) is 41.4 Å². The first-order valence-corrected chi connectivity index (χ1v) is 7.08. The van der Waals surface area contributed by atoms with E-state index in [1.54, 1.807) is 6.20 Å². The number of hydrogen-bond donors (Lipinski definition) is 2. The number of benzene rings is 1. The van der Waals surface area contributed by atoms with Gasteiger partial charge in [-0.15, -0.1) is 0 Å². The van der Waals surface area contributed by atoms with E-state index in [1.165, 1.54) is 6.20 Å². The number of halogens is 2. The molecule has 2 rings (SSSR count). The van der Waals surface area contributed by atoms with Crippen molar-refractivity contribution in [2.45, 2.75) is 6.42 Å². The summed E-state index contributed by atoms with van der Waals surface area (Å²) in [7, 11) is 0. The molecule has 0 fully saturated rings. The van der Waals surface area contributed by atoms with Crippen LogP contribution in [-0.4, -0.2) is 21.6 Å². The van der Waals surface area contributed by atoms with E-state index in [9.17, 15) is 0 Å². The van der Waals surface area contributed by atoms with Gasteiger partial charge in [0, 0.05) is 24.0 Å². The second-order valence-electron chi connectivity index (χ2n) is 3.92. The summed E-state index contributed by atoms with van der Waals surface area (Å²) < 4.78 is 0. The summed E-state index contributed by atoms with van der Waals surface area (Å²) in [5.41, 5.74) is 1.07. The van der Waals surface area contributed by atoms with Gasteiger partial charge in [0.15, 0.2) is 16.1 Å². The predicted molar refractivity (Wildman–Crippen MR) is 86.4 cm³/mol. The van der Waals surface area contributed by atoms with Crippen LogP contribution in [0.3, 0.4) is 0 Å². The number of aromatic nitrogens is 2. The number of rotatable bonds is 4. The van der Waals surface area contributed by atoms with Crippen molar-refractivity contribution in [2.24, 2.45) is 0 Å². The van der Waals surface area contributed by atoms with E-state index in [0.717, 1.165) is 17.0 Å². The van der Waals surface area contributed by atoms with E-state index in [4.69, 9.17) is 35.4 Å². The highest BCUT2D eigenvalue weighted by Gasteiger charge is 2.04. The molecule has 0 aliphatic carbocycles. The second-order valence-corrected chi connectivity index (χ2v) is 5.09. The number of anilines is 1. The standard InChI is InChI=1S/C13H12Cl2N4S/c14-10-4-2-1-3-9(10)5-6-18-13(20)19-12-11(15)16-7-8-17-12/h1-4,7-8H,5-6H2,(H2,17,18,19,20). The van der Waals surface area contributed by atoms with Crippen LogP contribution in [0.25, 0.3) is 0 Å². The summed E-state index contributed by atoms with van der Waals surface area (Å²) in [6, 6.07) is 7.71. The fraction of sp³-hybridized carbons (Fsp3) is 0.154. The zero-order valence-corrected chi connectivity index (χ0v) is 12.8. The lowest BCUT2D eigenvalue weighted by atomic mass is 10.1. The van der Waals surface area contributed by atoms with Crippen molar-refractivity contribution in [1.82, 2.24) is 15.3 Å². The molecule has 1 aromatic heterocycles. The minimum Gasteiger partial charge on any atom is -0.362 e. The summed E-state index contributed by atoms with van der Waals surface area (Å²) >= 11 is 17.1. The average molecular weight is 327 g/mol. The van der Waals surface area contributed by atoms with Gasteiger partial charge in [-0.25, -0.2) is 9.97 Å². The van der Waals surface area contributed by atoms with E-state index < -0.39 is 0 Å². The Morgan fingerprint density at radius 3 is 2.65 bits per heavy atom. The monoisotopic (exact) mass is 326 g/mol. The molecule has 1 heterocycles. The zero-order chi connectivity index (χ0) is 14.4. The van der Waals surface area contributed by atoms with Gasteiger partial charge in [-0.2, -0.15) is 0 Å². The first-order valence-electron chi connectivity index (χ1n) is 5.91. The summed E-state index contributed by atoms with van der Waals surface area (Å²) in [6.07, 6.45) is 3.83. The van der Waals surface area contributed by atoms with Gasteiger partial charge in [0.25, 0.3) is 0 Å². The topological polar surface area (TPSA) is 49.8 Å². The maximum absolute atomic E-state index is 6.08. The molecule has 0 radical (unpaired) electrons. The van der Waals surface area contributed by atoms with Crippen molar-refractivity contribution in [3.8, 4) is 0 Å². The SMILES string of the molecule is S=C(NCCc1ccccc1Cl)Nc1nccnc1Cl.